The van der Waals surface area contributed by atoms with Gasteiger partial charge < -0.3 is 0 Å². The van der Waals surface area contributed by atoms with E-state index in [1.54, 1.807) is 0 Å². The average molecular weight is 293 g/mol. The minimum atomic E-state index is -0.0573. The molecule has 5 rings (SSSR count). The number of nitrogens with zero attached hydrogens (tertiary/aromatic N) is 1. The number of benzene rings is 1. The van der Waals surface area contributed by atoms with Gasteiger partial charge in [-0.05, 0) is 37.3 Å². The minimum absolute atomic E-state index is 0.0128. The summed E-state index contributed by atoms with van der Waals surface area (Å²) in [5, 5.41) is 2.39. The zero-order valence-electron chi connectivity index (χ0n) is 13.2. The van der Waals surface area contributed by atoms with Crippen molar-refractivity contribution < 1.29 is 4.84 Å². The lowest BCUT2D eigenvalue weighted by molar-refractivity contribution is -0.189. The molecule has 3 heterocycles. The first-order valence-corrected chi connectivity index (χ1v) is 8.62. The van der Waals surface area contributed by atoms with Crippen molar-refractivity contribution in [2.45, 2.75) is 62.1 Å². The molecule has 0 amide bonds. The Morgan fingerprint density at radius 3 is 2.77 bits per heavy atom. The Kier molecular flexibility index (Phi) is 2.45. The molecular weight excluding hydrogens is 270 g/mol. The Labute approximate surface area is 132 Å². The smallest absolute Gasteiger partial charge is 0.0936 e. The summed E-state index contributed by atoms with van der Waals surface area (Å²) in [6, 6.07) is 10.9. The molecule has 2 fully saturated rings. The van der Waals surface area contributed by atoms with Crippen LogP contribution in [0, 0.1) is 0 Å². The summed E-state index contributed by atoms with van der Waals surface area (Å²) in [6.45, 7) is 2.30. The number of allylic oxidation sites excluding steroid dienone is 1. The lowest BCUT2D eigenvalue weighted by atomic mass is 9.72. The summed E-state index contributed by atoms with van der Waals surface area (Å²) in [4.78, 5) is 6.51. The average Bonchev–Trinajstić information content (AvgIpc) is 3.02. The van der Waals surface area contributed by atoms with Gasteiger partial charge in [0.25, 0.3) is 0 Å². The van der Waals surface area contributed by atoms with Gasteiger partial charge in [0.1, 0.15) is 0 Å². The predicted molar refractivity (Wildman–Crippen MR) is 87.1 cm³/mol. The second-order valence-electron chi connectivity index (χ2n) is 7.76. The van der Waals surface area contributed by atoms with Gasteiger partial charge in [0.15, 0.2) is 0 Å². The third kappa shape index (κ3) is 1.47. The lowest BCUT2D eigenvalue weighted by Crippen LogP contribution is -2.51. The maximum Gasteiger partial charge on any atom is 0.0936 e. The normalized spacial score (nSPS) is 44.3. The van der Waals surface area contributed by atoms with Crippen molar-refractivity contribution in [3.8, 4) is 0 Å². The van der Waals surface area contributed by atoms with Crippen LogP contribution in [0.5, 0.6) is 0 Å². The summed E-state index contributed by atoms with van der Waals surface area (Å²) in [6.07, 6.45) is 14.5. The standard InChI is InChI=1S/C20H23NO/c1-18-14-19-12-8-3-2-5-11-17(19)13-20(15-18,21(19)22-18)16-9-6-4-7-10-16/h4-7,9-11,13H,2-3,8,12,14-15H2,1H3/b11-5-/t18?,19-,20?/m0/s1. The molecule has 0 N–H and O–H groups in total. The summed E-state index contributed by atoms with van der Waals surface area (Å²) in [5.74, 6) is 0. The highest BCUT2D eigenvalue weighted by Gasteiger charge is 2.71. The van der Waals surface area contributed by atoms with Crippen LogP contribution in [0.4, 0.5) is 0 Å². The largest absolute Gasteiger partial charge is 0.290 e. The molecular formula is C20H23NO. The second-order valence-corrected chi connectivity index (χ2v) is 7.76. The number of hydroxylamine groups is 2. The van der Waals surface area contributed by atoms with Crippen LogP contribution in [0.2, 0.25) is 0 Å². The maximum absolute atomic E-state index is 6.51. The number of rotatable bonds is 1. The maximum atomic E-state index is 6.51. The molecule has 2 bridgehead atoms. The molecule has 0 radical (unpaired) electrons. The molecule has 1 aromatic carbocycles. The third-order valence-corrected chi connectivity index (χ3v) is 6.09. The minimum Gasteiger partial charge on any atom is -0.290 e. The highest BCUT2D eigenvalue weighted by atomic mass is 16.7. The van der Waals surface area contributed by atoms with Gasteiger partial charge in [-0.25, -0.2) is 0 Å². The van der Waals surface area contributed by atoms with Gasteiger partial charge >= 0.3 is 0 Å². The first-order chi connectivity index (χ1) is 10.7. The summed E-state index contributed by atoms with van der Waals surface area (Å²) in [5.41, 5.74) is 2.92. The highest BCUT2D eigenvalue weighted by molar-refractivity contribution is 5.50. The predicted octanol–water partition coefficient (Wildman–Crippen LogP) is 4.49. The monoisotopic (exact) mass is 293 g/mol. The molecule has 1 aliphatic carbocycles. The number of piperidine rings is 1. The summed E-state index contributed by atoms with van der Waals surface area (Å²) in [7, 11) is 0. The van der Waals surface area contributed by atoms with Crippen molar-refractivity contribution >= 4 is 0 Å². The van der Waals surface area contributed by atoms with Crippen LogP contribution in [0.1, 0.15) is 51.0 Å². The molecule has 2 unspecified atom stereocenters. The van der Waals surface area contributed by atoms with Crippen molar-refractivity contribution in [1.29, 1.82) is 0 Å². The van der Waals surface area contributed by atoms with Gasteiger partial charge in [0.2, 0.25) is 0 Å². The molecule has 3 atom stereocenters. The molecule has 0 aromatic heterocycles. The Morgan fingerprint density at radius 1 is 1.09 bits per heavy atom. The van der Waals surface area contributed by atoms with Gasteiger partial charge in [0, 0.05) is 12.8 Å². The van der Waals surface area contributed by atoms with E-state index >= 15 is 0 Å². The quantitative estimate of drug-likeness (QED) is 0.756. The van der Waals surface area contributed by atoms with Crippen LogP contribution in [0.25, 0.3) is 0 Å². The van der Waals surface area contributed by atoms with Crippen LogP contribution >= 0.6 is 0 Å². The third-order valence-electron chi connectivity index (χ3n) is 6.09. The Morgan fingerprint density at radius 2 is 1.95 bits per heavy atom. The zero-order valence-corrected chi connectivity index (χ0v) is 13.2. The molecule has 2 nitrogen and oxygen atoms in total. The molecule has 114 valence electrons. The van der Waals surface area contributed by atoms with E-state index in [1.165, 1.54) is 36.8 Å². The van der Waals surface area contributed by atoms with E-state index in [2.05, 4.69) is 60.5 Å². The van der Waals surface area contributed by atoms with Crippen LogP contribution < -0.4 is 0 Å². The van der Waals surface area contributed by atoms with Crippen molar-refractivity contribution in [2.24, 2.45) is 0 Å². The number of hydrogen-bond donors (Lipinski definition) is 0. The van der Waals surface area contributed by atoms with Crippen molar-refractivity contribution in [3.05, 3.63) is 59.7 Å². The van der Waals surface area contributed by atoms with Gasteiger partial charge in [-0.15, -0.1) is 0 Å². The zero-order chi connectivity index (χ0) is 14.8. The van der Waals surface area contributed by atoms with E-state index in [0.717, 1.165) is 12.8 Å². The van der Waals surface area contributed by atoms with Gasteiger partial charge in [-0.2, -0.15) is 5.06 Å². The Hall–Kier alpha value is -1.38. The van der Waals surface area contributed by atoms with Crippen LogP contribution in [-0.2, 0) is 10.4 Å². The van der Waals surface area contributed by atoms with Crippen LogP contribution in [0.15, 0.2) is 54.1 Å². The van der Waals surface area contributed by atoms with Crippen LogP contribution in [0.3, 0.4) is 0 Å². The van der Waals surface area contributed by atoms with Gasteiger partial charge in [-0.3, -0.25) is 4.84 Å². The Balaban J connectivity index is 1.72. The molecule has 22 heavy (non-hydrogen) atoms. The molecule has 4 aliphatic rings. The molecule has 1 aromatic rings. The van der Waals surface area contributed by atoms with E-state index in [1.807, 2.05) is 0 Å². The van der Waals surface area contributed by atoms with Crippen molar-refractivity contribution in [1.82, 2.24) is 5.06 Å². The molecule has 0 saturated carbocycles. The SMILES string of the molecule is CC12CC3(c4ccccc4)C=C4/C=C\CCCC[C@@]4(C1)N3O2. The van der Waals surface area contributed by atoms with E-state index in [4.69, 9.17) is 4.84 Å². The van der Waals surface area contributed by atoms with Crippen LogP contribution in [-0.4, -0.2) is 16.2 Å². The van der Waals surface area contributed by atoms with Gasteiger partial charge in [0.05, 0.1) is 16.7 Å². The van der Waals surface area contributed by atoms with E-state index in [9.17, 15) is 0 Å². The highest BCUT2D eigenvalue weighted by Crippen LogP contribution is 2.66. The number of fused-ring (bicyclic) bond motifs is 1. The van der Waals surface area contributed by atoms with Gasteiger partial charge in [-0.1, -0.05) is 55.0 Å². The summed E-state index contributed by atoms with van der Waals surface area (Å²) < 4.78 is 0. The van der Waals surface area contributed by atoms with E-state index in [0.29, 0.717) is 0 Å². The first kappa shape index (κ1) is 13.1. The summed E-state index contributed by atoms with van der Waals surface area (Å²) >= 11 is 0. The Bertz CT molecular complexity index is 678. The molecule has 1 spiro atoms. The van der Waals surface area contributed by atoms with Crippen molar-refractivity contribution in [3.63, 3.8) is 0 Å². The number of hydrogen-bond acceptors (Lipinski definition) is 2. The van der Waals surface area contributed by atoms with E-state index < -0.39 is 0 Å². The topological polar surface area (TPSA) is 12.5 Å². The fourth-order valence-electron chi connectivity index (χ4n) is 5.41. The fraction of sp³-hybridized carbons (Fsp3) is 0.500. The fourth-order valence-corrected chi connectivity index (χ4v) is 5.41. The van der Waals surface area contributed by atoms with Crippen molar-refractivity contribution in [2.75, 3.05) is 0 Å². The molecule has 3 aliphatic heterocycles. The molecule has 2 heteroatoms. The molecule has 2 saturated heterocycles. The first-order valence-electron chi connectivity index (χ1n) is 8.62. The second kappa shape index (κ2) is 4.12. The van der Waals surface area contributed by atoms with E-state index in [-0.39, 0.29) is 16.7 Å². The lowest BCUT2D eigenvalue weighted by Gasteiger charge is -2.43.